The number of sulfonamides is 1. The largest absolute Gasteiger partial charge is 0.358 e. The molecule has 0 saturated heterocycles. The van der Waals surface area contributed by atoms with Gasteiger partial charge in [0.25, 0.3) is 0 Å². The molecular formula is C21H23N3O3S. The molecule has 7 heteroatoms. The lowest BCUT2D eigenvalue weighted by Crippen LogP contribution is -2.35. The predicted octanol–water partition coefficient (Wildman–Crippen LogP) is 2.59. The van der Waals surface area contributed by atoms with E-state index in [1.165, 1.54) is 23.7 Å². The summed E-state index contributed by atoms with van der Waals surface area (Å²) in [6, 6.07) is 14.9. The molecule has 2 heterocycles. The summed E-state index contributed by atoms with van der Waals surface area (Å²) in [7, 11) is -2.04. The second-order valence-electron chi connectivity index (χ2n) is 7.04. The van der Waals surface area contributed by atoms with Gasteiger partial charge in [-0.25, -0.2) is 13.1 Å². The number of amides is 1. The molecule has 0 bridgehead atoms. The van der Waals surface area contributed by atoms with Crippen LogP contribution in [0, 0.1) is 0 Å². The maximum absolute atomic E-state index is 12.7. The zero-order valence-electron chi connectivity index (χ0n) is 15.7. The lowest BCUT2D eigenvalue weighted by Gasteiger charge is -2.27. The average Bonchev–Trinajstić information content (AvgIpc) is 3.10. The third-order valence-corrected chi connectivity index (χ3v) is 6.80. The van der Waals surface area contributed by atoms with Crippen LogP contribution in [-0.2, 0) is 34.2 Å². The fourth-order valence-electron chi connectivity index (χ4n) is 3.74. The monoisotopic (exact) mass is 397 g/mol. The van der Waals surface area contributed by atoms with Gasteiger partial charge in [-0.1, -0.05) is 30.3 Å². The molecule has 1 aliphatic rings. The van der Waals surface area contributed by atoms with Crippen LogP contribution in [0.1, 0.15) is 23.2 Å². The van der Waals surface area contributed by atoms with Gasteiger partial charge in [0.2, 0.25) is 15.9 Å². The first-order valence-electron chi connectivity index (χ1n) is 9.36. The van der Waals surface area contributed by atoms with Crippen molar-refractivity contribution < 1.29 is 13.2 Å². The van der Waals surface area contributed by atoms with Crippen molar-refractivity contribution >= 4 is 26.8 Å². The van der Waals surface area contributed by atoms with E-state index in [0.717, 1.165) is 24.0 Å². The van der Waals surface area contributed by atoms with Gasteiger partial charge in [0.1, 0.15) is 0 Å². The summed E-state index contributed by atoms with van der Waals surface area (Å²) in [5.41, 5.74) is 4.52. The molecule has 1 aromatic heterocycles. The maximum atomic E-state index is 12.7. The van der Waals surface area contributed by atoms with Crippen LogP contribution in [-0.4, -0.2) is 37.8 Å². The summed E-state index contributed by atoms with van der Waals surface area (Å²) in [4.78, 5) is 18.3. The van der Waals surface area contributed by atoms with Crippen molar-refractivity contribution in [2.45, 2.75) is 30.7 Å². The van der Waals surface area contributed by atoms with Crippen molar-refractivity contribution in [2.24, 2.45) is 0 Å². The van der Waals surface area contributed by atoms with Gasteiger partial charge in [-0.05, 0) is 37.2 Å². The number of rotatable bonds is 5. The highest BCUT2D eigenvalue weighted by Gasteiger charge is 2.23. The first-order valence-corrected chi connectivity index (χ1v) is 10.8. The molecule has 2 N–H and O–H groups in total. The predicted molar refractivity (Wildman–Crippen MR) is 108 cm³/mol. The summed E-state index contributed by atoms with van der Waals surface area (Å²) >= 11 is 0. The maximum Gasteiger partial charge on any atom is 0.240 e. The average molecular weight is 398 g/mol. The number of aromatic amines is 1. The van der Waals surface area contributed by atoms with Crippen LogP contribution in [0.3, 0.4) is 0 Å². The highest BCUT2D eigenvalue weighted by atomic mass is 32.2. The number of hydrogen-bond acceptors (Lipinski definition) is 3. The Morgan fingerprint density at radius 3 is 2.64 bits per heavy atom. The van der Waals surface area contributed by atoms with E-state index in [1.807, 2.05) is 17.0 Å². The Hall–Kier alpha value is -2.64. The van der Waals surface area contributed by atoms with Crippen LogP contribution >= 0.6 is 0 Å². The molecule has 0 unspecified atom stereocenters. The van der Waals surface area contributed by atoms with E-state index in [1.54, 1.807) is 24.3 Å². The Kier molecular flexibility index (Phi) is 4.95. The van der Waals surface area contributed by atoms with Gasteiger partial charge >= 0.3 is 0 Å². The van der Waals surface area contributed by atoms with Crippen LogP contribution in [0.2, 0.25) is 0 Å². The molecule has 0 radical (unpaired) electrons. The molecule has 28 heavy (non-hydrogen) atoms. The SMILES string of the molecule is CNS(=O)(=O)c1ccc(CCC(=O)N2CCc3[nH]c4ccccc4c3C2)cc1. The Morgan fingerprint density at radius 1 is 1.14 bits per heavy atom. The first-order chi connectivity index (χ1) is 13.5. The number of nitrogens with zero attached hydrogens (tertiary/aromatic N) is 1. The summed E-state index contributed by atoms with van der Waals surface area (Å²) < 4.78 is 25.9. The standard InChI is InChI=1S/C21H23N3O3S/c1-22-28(26,27)16-9-6-15(7-10-16)8-11-21(25)24-13-12-20-18(14-24)17-4-2-3-5-19(17)23-20/h2-7,9-10,22-23H,8,11-14H2,1H3. The lowest BCUT2D eigenvalue weighted by molar-refractivity contribution is -0.132. The van der Waals surface area contributed by atoms with Crippen molar-refractivity contribution in [3.63, 3.8) is 0 Å². The summed E-state index contributed by atoms with van der Waals surface area (Å²) in [5, 5.41) is 1.19. The number of para-hydroxylation sites is 1. The van der Waals surface area contributed by atoms with E-state index in [-0.39, 0.29) is 10.8 Å². The number of benzene rings is 2. The normalized spacial score (nSPS) is 14.2. The number of fused-ring (bicyclic) bond motifs is 3. The quantitative estimate of drug-likeness (QED) is 0.694. The number of carbonyl (C=O) groups excluding carboxylic acids is 1. The number of carbonyl (C=O) groups is 1. The molecule has 0 atom stereocenters. The number of nitrogens with one attached hydrogen (secondary N) is 2. The van der Waals surface area contributed by atoms with Crippen LogP contribution in [0.15, 0.2) is 53.4 Å². The van der Waals surface area contributed by atoms with Gasteiger partial charge in [-0.2, -0.15) is 0 Å². The molecular weight excluding hydrogens is 374 g/mol. The molecule has 3 aromatic rings. The second kappa shape index (κ2) is 7.41. The molecule has 1 aliphatic heterocycles. The molecule has 0 aliphatic carbocycles. The topological polar surface area (TPSA) is 82.3 Å². The Morgan fingerprint density at radius 2 is 1.89 bits per heavy atom. The minimum atomic E-state index is -3.43. The van der Waals surface area contributed by atoms with E-state index in [9.17, 15) is 13.2 Å². The Bertz CT molecular complexity index is 1120. The van der Waals surface area contributed by atoms with E-state index >= 15 is 0 Å². The zero-order valence-corrected chi connectivity index (χ0v) is 16.6. The summed E-state index contributed by atoms with van der Waals surface area (Å²) in [6.45, 7) is 1.36. The van der Waals surface area contributed by atoms with E-state index in [0.29, 0.717) is 19.4 Å². The highest BCUT2D eigenvalue weighted by molar-refractivity contribution is 7.89. The van der Waals surface area contributed by atoms with Gasteiger partial charge in [0.05, 0.1) is 4.90 Å². The Labute approximate surface area is 164 Å². The molecule has 0 saturated carbocycles. The third kappa shape index (κ3) is 3.55. The molecule has 4 rings (SSSR count). The van der Waals surface area contributed by atoms with Crippen molar-refractivity contribution in [2.75, 3.05) is 13.6 Å². The smallest absolute Gasteiger partial charge is 0.240 e. The number of aryl methyl sites for hydroxylation is 1. The van der Waals surface area contributed by atoms with Crippen molar-refractivity contribution in [3.05, 3.63) is 65.4 Å². The molecule has 146 valence electrons. The van der Waals surface area contributed by atoms with Gasteiger partial charge in [-0.15, -0.1) is 0 Å². The fourth-order valence-corrected chi connectivity index (χ4v) is 4.47. The first kappa shape index (κ1) is 18.7. The third-order valence-electron chi connectivity index (χ3n) is 5.37. The zero-order chi connectivity index (χ0) is 19.7. The van der Waals surface area contributed by atoms with E-state index in [4.69, 9.17) is 0 Å². The van der Waals surface area contributed by atoms with Crippen LogP contribution in [0.5, 0.6) is 0 Å². The lowest BCUT2D eigenvalue weighted by atomic mass is 10.0. The van der Waals surface area contributed by atoms with Crippen molar-refractivity contribution in [1.29, 1.82) is 0 Å². The molecule has 0 fully saturated rings. The van der Waals surface area contributed by atoms with Crippen molar-refractivity contribution in [3.8, 4) is 0 Å². The minimum absolute atomic E-state index is 0.128. The Balaban J connectivity index is 1.41. The molecule has 6 nitrogen and oxygen atoms in total. The number of aromatic nitrogens is 1. The molecule has 1 amide bonds. The van der Waals surface area contributed by atoms with Crippen LogP contribution in [0.4, 0.5) is 0 Å². The minimum Gasteiger partial charge on any atom is -0.358 e. The van der Waals surface area contributed by atoms with E-state index in [2.05, 4.69) is 21.8 Å². The van der Waals surface area contributed by atoms with Crippen LogP contribution < -0.4 is 4.72 Å². The van der Waals surface area contributed by atoms with Gasteiger partial charge in [-0.3, -0.25) is 4.79 Å². The number of hydrogen-bond donors (Lipinski definition) is 2. The number of H-pyrrole nitrogens is 1. The second-order valence-corrected chi connectivity index (χ2v) is 8.93. The van der Waals surface area contributed by atoms with Gasteiger partial charge < -0.3 is 9.88 Å². The van der Waals surface area contributed by atoms with Gasteiger partial charge in [0.15, 0.2) is 0 Å². The summed E-state index contributed by atoms with van der Waals surface area (Å²) in [5.74, 6) is 0.128. The summed E-state index contributed by atoms with van der Waals surface area (Å²) in [6.07, 6.45) is 1.85. The highest BCUT2D eigenvalue weighted by Crippen LogP contribution is 2.28. The van der Waals surface area contributed by atoms with Crippen molar-refractivity contribution in [1.82, 2.24) is 14.6 Å². The molecule has 0 spiro atoms. The molecule has 2 aromatic carbocycles. The van der Waals surface area contributed by atoms with Crippen LogP contribution in [0.25, 0.3) is 10.9 Å². The van der Waals surface area contributed by atoms with Gasteiger partial charge in [0, 0.05) is 48.1 Å². The fraction of sp³-hybridized carbons (Fsp3) is 0.286. The van der Waals surface area contributed by atoms with E-state index < -0.39 is 10.0 Å².